The Hall–Kier alpha value is -1.60. The van der Waals surface area contributed by atoms with Gasteiger partial charge in [0.05, 0.1) is 4.90 Å². The van der Waals surface area contributed by atoms with Crippen LogP contribution in [0.1, 0.15) is 12.8 Å². The number of hydrogen-bond donors (Lipinski definition) is 3. The second kappa shape index (κ2) is 4.95. The Kier molecular flexibility index (Phi) is 3.53. The number of carboxylic acids is 1. The molecule has 6 nitrogen and oxygen atoms in total. The van der Waals surface area contributed by atoms with Gasteiger partial charge in [0.25, 0.3) is 0 Å². The number of sulfonamides is 1. The van der Waals surface area contributed by atoms with Crippen LogP contribution in [0, 0.1) is 0 Å². The number of nitrogens with one attached hydrogen (secondary N) is 2. The van der Waals surface area contributed by atoms with Gasteiger partial charge in [-0.1, -0.05) is 0 Å². The third-order valence-corrected chi connectivity index (χ3v) is 4.04. The first kappa shape index (κ1) is 12.8. The molecule has 98 valence electrons. The summed E-state index contributed by atoms with van der Waals surface area (Å²) in [4.78, 5) is 10.5. The Bertz CT molecular complexity index is 535. The molecule has 1 aromatic carbocycles. The standard InChI is InChI=1S/C11H14N2O4S/c14-11(15)7-12-8-3-5-10(6-4-8)18(16,17)13-9-1-2-9/h3-6,9,12-13H,1-2,7H2,(H,14,15). The number of rotatable bonds is 6. The monoisotopic (exact) mass is 270 g/mol. The first-order chi connectivity index (χ1) is 8.47. The molecule has 0 unspecified atom stereocenters. The summed E-state index contributed by atoms with van der Waals surface area (Å²) in [7, 11) is -3.44. The fourth-order valence-electron chi connectivity index (χ4n) is 1.42. The lowest BCUT2D eigenvalue weighted by Gasteiger charge is -2.07. The third-order valence-electron chi connectivity index (χ3n) is 2.51. The van der Waals surface area contributed by atoms with Gasteiger partial charge in [-0.25, -0.2) is 13.1 Å². The largest absolute Gasteiger partial charge is 0.480 e. The summed E-state index contributed by atoms with van der Waals surface area (Å²) in [6.07, 6.45) is 1.77. The topological polar surface area (TPSA) is 95.5 Å². The second-order valence-electron chi connectivity index (χ2n) is 4.17. The van der Waals surface area contributed by atoms with Gasteiger partial charge < -0.3 is 10.4 Å². The van der Waals surface area contributed by atoms with Crippen LogP contribution in [0.2, 0.25) is 0 Å². The zero-order valence-corrected chi connectivity index (χ0v) is 10.4. The summed E-state index contributed by atoms with van der Waals surface area (Å²) < 4.78 is 26.2. The van der Waals surface area contributed by atoms with Gasteiger partial charge in [-0.2, -0.15) is 0 Å². The summed E-state index contributed by atoms with van der Waals surface area (Å²) in [5.41, 5.74) is 0.572. The molecule has 0 radical (unpaired) electrons. The first-order valence-electron chi connectivity index (χ1n) is 5.55. The van der Waals surface area contributed by atoms with Crippen molar-refractivity contribution in [3.63, 3.8) is 0 Å². The van der Waals surface area contributed by atoms with Crippen LogP contribution in [0.3, 0.4) is 0 Å². The number of carbonyl (C=O) groups is 1. The minimum atomic E-state index is -3.44. The van der Waals surface area contributed by atoms with Gasteiger partial charge in [0, 0.05) is 11.7 Å². The van der Waals surface area contributed by atoms with Crippen molar-refractivity contribution in [2.24, 2.45) is 0 Å². The number of benzene rings is 1. The third kappa shape index (κ3) is 3.44. The SMILES string of the molecule is O=C(O)CNc1ccc(S(=O)(=O)NC2CC2)cc1. The molecule has 0 saturated heterocycles. The van der Waals surface area contributed by atoms with E-state index in [1.165, 1.54) is 12.1 Å². The van der Waals surface area contributed by atoms with Gasteiger partial charge in [-0.15, -0.1) is 0 Å². The smallest absolute Gasteiger partial charge is 0.322 e. The van der Waals surface area contributed by atoms with Crippen molar-refractivity contribution < 1.29 is 18.3 Å². The van der Waals surface area contributed by atoms with E-state index >= 15 is 0 Å². The molecule has 2 rings (SSSR count). The molecule has 3 N–H and O–H groups in total. The summed E-state index contributed by atoms with van der Waals surface area (Å²) in [5.74, 6) is -0.970. The highest BCUT2D eigenvalue weighted by Crippen LogP contribution is 2.22. The van der Waals surface area contributed by atoms with Crippen molar-refractivity contribution in [3.8, 4) is 0 Å². The Morgan fingerprint density at radius 1 is 1.28 bits per heavy atom. The fraction of sp³-hybridized carbons (Fsp3) is 0.364. The van der Waals surface area contributed by atoms with Crippen LogP contribution >= 0.6 is 0 Å². The molecular formula is C11H14N2O4S. The molecule has 1 saturated carbocycles. The van der Waals surface area contributed by atoms with Crippen molar-refractivity contribution in [1.82, 2.24) is 4.72 Å². The Balaban J connectivity index is 2.04. The van der Waals surface area contributed by atoms with E-state index in [1.54, 1.807) is 12.1 Å². The van der Waals surface area contributed by atoms with E-state index in [2.05, 4.69) is 10.0 Å². The molecule has 0 aromatic heterocycles. The molecule has 0 amide bonds. The Morgan fingerprint density at radius 2 is 1.89 bits per heavy atom. The average molecular weight is 270 g/mol. The molecule has 0 atom stereocenters. The van der Waals surface area contributed by atoms with E-state index in [4.69, 9.17) is 5.11 Å². The molecule has 0 spiro atoms. The van der Waals surface area contributed by atoms with Crippen LogP contribution in [-0.4, -0.2) is 32.1 Å². The van der Waals surface area contributed by atoms with Crippen LogP contribution in [0.4, 0.5) is 5.69 Å². The second-order valence-corrected chi connectivity index (χ2v) is 5.88. The molecular weight excluding hydrogens is 256 g/mol. The first-order valence-corrected chi connectivity index (χ1v) is 7.04. The van der Waals surface area contributed by atoms with Crippen LogP contribution in [0.15, 0.2) is 29.2 Å². The highest BCUT2D eigenvalue weighted by molar-refractivity contribution is 7.89. The van der Waals surface area contributed by atoms with Gasteiger partial charge >= 0.3 is 5.97 Å². The lowest BCUT2D eigenvalue weighted by molar-refractivity contribution is -0.134. The fourth-order valence-corrected chi connectivity index (χ4v) is 2.72. The molecule has 18 heavy (non-hydrogen) atoms. The Morgan fingerprint density at radius 3 is 2.39 bits per heavy atom. The average Bonchev–Trinajstić information content (AvgIpc) is 3.10. The van der Waals surface area contributed by atoms with Gasteiger partial charge in [0.2, 0.25) is 10.0 Å². The molecule has 1 aromatic rings. The maximum atomic E-state index is 11.8. The molecule has 1 fully saturated rings. The lowest BCUT2D eigenvalue weighted by Crippen LogP contribution is -2.25. The zero-order valence-electron chi connectivity index (χ0n) is 9.59. The van der Waals surface area contributed by atoms with Crippen LogP contribution in [0.25, 0.3) is 0 Å². The van der Waals surface area contributed by atoms with Crippen LogP contribution in [0.5, 0.6) is 0 Å². The van der Waals surface area contributed by atoms with E-state index in [0.29, 0.717) is 5.69 Å². The molecule has 1 aliphatic carbocycles. The molecule has 1 aliphatic rings. The lowest BCUT2D eigenvalue weighted by atomic mass is 10.3. The van der Waals surface area contributed by atoms with Crippen LogP contribution < -0.4 is 10.0 Å². The van der Waals surface area contributed by atoms with Crippen molar-refractivity contribution >= 4 is 21.7 Å². The Labute approximate surface area is 105 Å². The van der Waals surface area contributed by atoms with Crippen molar-refractivity contribution in [3.05, 3.63) is 24.3 Å². The van der Waals surface area contributed by atoms with Crippen molar-refractivity contribution in [2.45, 2.75) is 23.8 Å². The van der Waals surface area contributed by atoms with Gasteiger partial charge in [0.15, 0.2) is 0 Å². The number of aliphatic carboxylic acids is 1. The number of hydrogen-bond acceptors (Lipinski definition) is 4. The number of anilines is 1. The maximum absolute atomic E-state index is 11.8. The number of carboxylic acid groups (broad SMARTS) is 1. The van der Waals surface area contributed by atoms with E-state index in [1.807, 2.05) is 0 Å². The van der Waals surface area contributed by atoms with Crippen molar-refractivity contribution in [2.75, 3.05) is 11.9 Å². The summed E-state index contributed by atoms with van der Waals surface area (Å²) >= 11 is 0. The van der Waals surface area contributed by atoms with E-state index < -0.39 is 16.0 Å². The normalized spacial score (nSPS) is 15.3. The molecule has 0 bridgehead atoms. The zero-order chi connectivity index (χ0) is 13.2. The summed E-state index contributed by atoms with van der Waals surface area (Å²) in [6.45, 7) is -0.202. The molecule has 0 heterocycles. The predicted molar refractivity (Wildman–Crippen MR) is 65.9 cm³/mol. The van der Waals surface area contributed by atoms with Gasteiger partial charge in [0.1, 0.15) is 6.54 Å². The predicted octanol–water partition coefficient (Wildman–Crippen LogP) is 0.624. The molecule has 0 aliphatic heterocycles. The highest BCUT2D eigenvalue weighted by Gasteiger charge is 2.27. The van der Waals surface area contributed by atoms with Crippen molar-refractivity contribution in [1.29, 1.82) is 0 Å². The minimum absolute atomic E-state index is 0.0693. The highest BCUT2D eigenvalue weighted by atomic mass is 32.2. The van der Waals surface area contributed by atoms with Gasteiger partial charge in [-0.3, -0.25) is 4.79 Å². The maximum Gasteiger partial charge on any atom is 0.322 e. The van der Waals surface area contributed by atoms with E-state index in [-0.39, 0.29) is 17.5 Å². The molecule has 7 heteroatoms. The van der Waals surface area contributed by atoms with E-state index in [0.717, 1.165) is 12.8 Å². The quantitative estimate of drug-likeness (QED) is 0.704. The van der Waals surface area contributed by atoms with E-state index in [9.17, 15) is 13.2 Å². The van der Waals surface area contributed by atoms with Gasteiger partial charge in [-0.05, 0) is 37.1 Å². The summed E-state index contributed by atoms with van der Waals surface area (Å²) in [5, 5.41) is 11.2. The minimum Gasteiger partial charge on any atom is -0.480 e. The van der Waals surface area contributed by atoms with Crippen LogP contribution in [-0.2, 0) is 14.8 Å². The summed E-state index contributed by atoms with van der Waals surface area (Å²) in [6, 6.07) is 6.07.